The molecule has 0 unspecified atom stereocenters. The topological polar surface area (TPSA) is 288 Å². The molecule has 4 N–H and O–H groups in total. The Morgan fingerprint density at radius 2 is 0.817 bits per heavy atom. The fourth-order valence-electron chi connectivity index (χ4n) is 11.7. The Morgan fingerprint density at radius 1 is 0.433 bits per heavy atom. The highest BCUT2D eigenvalue weighted by Gasteiger charge is 2.24. The van der Waals surface area contributed by atoms with Gasteiger partial charge in [-0.15, -0.1) is 0 Å². The van der Waals surface area contributed by atoms with Gasteiger partial charge in [-0.3, -0.25) is 28.8 Å². The van der Waals surface area contributed by atoms with Crippen molar-refractivity contribution in [3.8, 4) is 90.9 Å². The van der Waals surface area contributed by atoms with Crippen LogP contribution >= 0.6 is 46.0 Å². The lowest BCUT2D eigenvalue weighted by atomic mass is 9.97. The summed E-state index contributed by atoms with van der Waals surface area (Å²) < 4.78 is 33.7. The average molecular weight is 1620 g/mol. The highest BCUT2D eigenvalue weighted by molar-refractivity contribution is 14.1. The summed E-state index contributed by atoms with van der Waals surface area (Å²) in [5.41, 5.74) is 13.7. The molecule has 2 aromatic heterocycles. The van der Waals surface area contributed by atoms with Crippen LogP contribution in [0.25, 0.3) is 67.9 Å². The first-order valence-electron chi connectivity index (χ1n) is 32.4. The number of carboxylic acid groups (broad SMARTS) is 2. The van der Waals surface area contributed by atoms with Crippen molar-refractivity contribution in [2.75, 3.05) is 37.9 Å². The molecule has 0 aliphatic heterocycles. The van der Waals surface area contributed by atoms with Crippen LogP contribution in [0.3, 0.4) is 0 Å². The fraction of sp³-hybridized carbons (Fsp3) is 0.125. The molecule has 0 bridgehead atoms. The SMILES string of the molecule is COc1cc(CC(=O)Nc2ccc(C(=O)N(CC(=O)O)Cc3ccc(-c4nc(-c5ccc(-c6ccc(C)cc6)cc5)no4)cc3)cc2)c(OI)cc1Cc1ccc(-c2ccc(-c3noc(-c4ccc(CN(CC(=O)O)C(=O)c5ccc(NC(=O)Cc6c(OC)cccc6OI)cc5)cc4)n3)cc2)cc1. The molecule has 0 saturated carbocycles. The van der Waals surface area contributed by atoms with Gasteiger partial charge in [0.05, 0.1) is 27.1 Å². The van der Waals surface area contributed by atoms with Crippen LogP contribution in [0.15, 0.2) is 234 Å². The molecule has 12 aromatic rings. The number of rotatable bonds is 28. The van der Waals surface area contributed by atoms with Crippen LogP contribution in [0.1, 0.15) is 59.7 Å². The molecule has 10 aromatic carbocycles. The van der Waals surface area contributed by atoms with E-state index < -0.39 is 36.8 Å². The van der Waals surface area contributed by atoms with Crippen LogP contribution in [-0.4, -0.2) is 103 Å². The number of aryl methyl sites for hydroxylation is 1. The van der Waals surface area contributed by atoms with Crippen LogP contribution in [0, 0.1) is 6.92 Å². The van der Waals surface area contributed by atoms with E-state index in [0.29, 0.717) is 91.7 Å². The predicted octanol–water partition coefficient (Wildman–Crippen LogP) is 15.6. The Balaban J connectivity index is 0.613. The van der Waals surface area contributed by atoms with Crippen LogP contribution in [0.4, 0.5) is 11.4 Å². The van der Waals surface area contributed by atoms with Crippen molar-refractivity contribution in [1.82, 2.24) is 30.1 Å². The van der Waals surface area contributed by atoms with Gasteiger partial charge in [-0.25, -0.2) is 0 Å². The summed E-state index contributed by atoms with van der Waals surface area (Å²) in [4.78, 5) is 89.8. The number of halogens is 2. The summed E-state index contributed by atoms with van der Waals surface area (Å²) in [6.45, 7) is 0.946. The number of carbonyl (C=O) groups excluding carboxylic acids is 4. The zero-order valence-corrected chi connectivity index (χ0v) is 60.4. The van der Waals surface area contributed by atoms with Crippen molar-refractivity contribution in [1.29, 1.82) is 0 Å². The Labute approximate surface area is 625 Å². The number of methoxy groups -OCH3 is 2. The lowest BCUT2D eigenvalue weighted by Gasteiger charge is -2.21. The highest BCUT2D eigenvalue weighted by atomic mass is 127. The van der Waals surface area contributed by atoms with Gasteiger partial charge in [0.1, 0.15) is 36.1 Å². The number of carboxylic acids is 2. The van der Waals surface area contributed by atoms with Crippen LogP contribution < -0.4 is 26.2 Å². The second-order valence-corrected chi connectivity index (χ2v) is 25.1. The summed E-state index contributed by atoms with van der Waals surface area (Å²) in [5.74, 6) is -0.648. The maximum atomic E-state index is 13.8. The molecule has 22 nitrogen and oxygen atoms in total. The van der Waals surface area contributed by atoms with Crippen molar-refractivity contribution < 1.29 is 63.6 Å². The largest absolute Gasteiger partial charge is 0.496 e. The number of carbonyl (C=O) groups is 6. The normalized spacial score (nSPS) is 10.9. The highest BCUT2D eigenvalue weighted by Crippen LogP contribution is 2.36. The van der Waals surface area contributed by atoms with E-state index in [1.165, 1.54) is 46.7 Å². The summed E-state index contributed by atoms with van der Waals surface area (Å²) in [6.07, 6.45) is 0.405. The molecule has 104 heavy (non-hydrogen) atoms. The van der Waals surface area contributed by atoms with Gasteiger partial charge in [0, 0.05) is 81.0 Å². The van der Waals surface area contributed by atoms with Crippen molar-refractivity contribution in [2.24, 2.45) is 0 Å². The monoisotopic (exact) mass is 1610 g/mol. The molecule has 0 fully saturated rings. The Morgan fingerprint density at radius 3 is 1.25 bits per heavy atom. The van der Waals surface area contributed by atoms with Crippen molar-refractivity contribution in [3.63, 3.8) is 0 Å². The number of benzene rings is 10. The number of nitrogens with zero attached hydrogens (tertiary/aromatic N) is 6. The minimum absolute atomic E-state index is 0.00385. The van der Waals surface area contributed by atoms with Gasteiger partial charge in [0.25, 0.3) is 23.6 Å². The minimum atomic E-state index is -1.18. The number of aromatic nitrogens is 4. The van der Waals surface area contributed by atoms with E-state index in [0.717, 1.165) is 44.5 Å². The van der Waals surface area contributed by atoms with E-state index in [2.05, 4.69) is 62.1 Å². The zero-order valence-electron chi connectivity index (χ0n) is 56.0. The van der Waals surface area contributed by atoms with Gasteiger partial charge in [0.2, 0.25) is 23.5 Å². The number of aliphatic carboxylic acids is 2. The van der Waals surface area contributed by atoms with Crippen molar-refractivity contribution >= 4 is 93.0 Å². The van der Waals surface area contributed by atoms with Crippen LogP contribution in [0.5, 0.6) is 23.0 Å². The molecule has 522 valence electrons. The molecule has 2 heterocycles. The van der Waals surface area contributed by atoms with E-state index >= 15 is 0 Å². The zero-order chi connectivity index (χ0) is 72.8. The summed E-state index contributed by atoms with van der Waals surface area (Å²) in [7, 11) is 3.07. The second-order valence-electron chi connectivity index (χ2n) is 24.2. The minimum Gasteiger partial charge on any atom is -0.496 e. The van der Waals surface area contributed by atoms with E-state index in [-0.39, 0.29) is 54.8 Å². The molecule has 0 atom stereocenters. The molecular formula is C80H64I2N8O14. The summed E-state index contributed by atoms with van der Waals surface area (Å²) >= 11 is 3.54. The van der Waals surface area contributed by atoms with Gasteiger partial charge >= 0.3 is 11.9 Å². The first-order chi connectivity index (χ1) is 50.5. The lowest BCUT2D eigenvalue weighted by molar-refractivity contribution is -0.138. The number of anilines is 2. The maximum absolute atomic E-state index is 13.8. The van der Waals surface area contributed by atoms with Gasteiger partial charge in [-0.1, -0.05) is 143 Å². The number of hydrogen-bond donors (Lipinski definition) is 4. The number of amides is 4. The third kappa shape index (κ3) is 17.8. The van der Waals surface area contributed by atoms with E-state index in [1.807, 2.05) is 78.9 Å². The maximum Gasteiger partial charge on any atom is 0.323 e. The standard InChI is InChI=1S/C80H64I2N8O14/c1-48-7-15-52(16-8-48)54-23-27-56(28-24-54)75-85-77(103-87-75)58-19-11-50(12-20-58)44-89(46-73(93)94)79(97)60-31-35-64(36-32-60)83-71(91)42-63-40-69(100-3)62(41-70(63)102-82)39-49-9-17-53(18-10-49)55-25-29-57(30-26-55)76-86-78(104-88-76)59-21-13-51(14-22-59)45-90(47-74(95)96)80(98)61-33-37-65(38-34-61)84-72(92)43-66-67(99-2)5-4-6-68(66)101-81/h4-38,40-41H,39,42-47H2,1-3H3,(H,83,91)(H,84,92)(H,93,94)(H,95,96). The second kappa shape index (κ2) is 33.2. The van der Waals surface area contributed by atoms with Crippen LogP contribution in [-0.2, 0) is 51.5 Å². The average Bonchev–Trinajstić information content (AvgIpc) is 1.71. The quantitative estimate of drug-likeness (QED) is 0.0331. The molecule has 0 aliphatic carbocycles. The molecule has 12 rings (SSSR count). The van der Waals surface area contributed by atoms with Crippen molar-refractivity contribution in [2.45, 2.75) is 39.3 Å². The van der Waals surface area contributed by atoms with Crippen molar-refractivity contribution in [3.05, 3.63) is 275 Å². The molecule has 0 aliphatic rings. The first kappa shape index (κ1) is 71.8. The van der Waals surface area contributed by atoms with Crippen LogP contribution in [0.2, 0.25) is 0 Å². The summed E-state index contributed by atoms with van der Waals surface area (Å²) in [5, 5.41) is 33.7. The van der Waals surface area contributed by atoms with E-state index in [4.69, 9.17) is 24.7 Å². The Bertz CT molecular complexity index is 5050. The number of ether oxygens (including phenoxy) is 2. The number of hydrogen-bond acceptors (Lipinski definition) is 16. The van der Waals surface area contributed by atoms with E-state index in [9.17, 15) is 39.0 Å². The van der Waals surface area contributed by atoms with Gasteiger partial charge in [-0.2, -0.15) is 9.97 Å². The molecule has 0 radical (unpaired) electrons. The molecule has 24 heteroatoms. The van der Waals surface area contributed by atoms with Gasteiger partial charge in [-0.05, 0) is 143 Å². The molecular weight excluding hydrogens is 1550 g/mol. The molecule has 0 spiro atoms. The lowest BCUT2D eigenvalue weighted by Crippen LogP contribution is -2.35. The predicted molar refractivity (Wildman–Crippen MR) is 406 cm³/mol. The first-order valence-corrected chi connectivity index (χ1v) is 34.2. The smallest absolute Gasteiger partial charge is 0.323 e. The van der Waals surface area contributed by atoms with Gasteiger partial charge < -0.3 is 55.3 Å². The van der Waals surface area contributed by atoms with E-state index in [1.54, 1.807) is 150 Å². The molecule has 4 amide bonds. The number of nitrogens with one attached hydrogen (secondary N) is 2. The third-order valence-corrected chi connectivity index (χ3v) is 18.0. The van der Waals surface area contributed by atoms with Gasteiger partial charge in [0.15, 0.2) is 46.0 Å². The molecule has 0 saturated heterocycles. The summed E-state index contributed by atoms with van der Waals surface area (Å²) in [6, 6.07) is 67.5. The fourth-order valence-corrected chi connectivity index (χ4v) is 12.5. The Hall–Kier alpha value is -12.0. The Kier molecular flexibility index (Phi) is 22.9. The third-order valence-electron chi connectivity index (χ3n) is 17.0.